The first-order chi connectivity index (χ1) is 9.09. The Kier molecular flexibility index (Phi) is 3.87. The van der Waals surface area contributed by atoms with Crippen molar-refractivity contribution in [3.8, 4) is 0 Å². The van der Waals surface area contributed by atoms with Crippen molar-refractivity contribution < 1.29 is 4.79 Å². The Hall–Kier alpha value is -2.27. The highest BCUT2D eigenvalue weighted by Crippen LogP contribution is 2.16. The molecule has 5 heteroatoms. The maximum Gasteiger partial charge on any atom is 0.258 e. The summed E-state index contributed by atoms with van der Waals surface area (Å²) in [7, 11) is 1.72. The summed E-state index contributed by atoms with van der Waals surface area (Å²) >= 11 is 4.89. The maximum absolute atomic E-state index is 12.2. The molecule has 0 saturated carbocycles. The predicted octanol–water partition coefficient (Wildman–Crippen LogP) is 1.99. The number of nitrogens with zero attached hydrogens (tertiary/aromatic N) is 2. The van der Waals surface area contributed by atoms with E-state index >= 15 is 0 Å². The average molecular weight is 271 g/mol. The first-order valence-electron chi connectivity index (χ1n) is 5.67. The summed E-state index contributed by atoms with van der Waals surface area (Å²) in [6.45, 7) is 0. The Morgan fingerprint density at radius 3 is 2.21 bits per heavy atom. The van der Waals surface area contributed by atoms with Crippen molar-refractivity contribution in [2.24, 2.45) is 5.73 Å². The van der Waals surface area contributed by atoms with E-state index in [-0.39, 0.29) is 5.91 Å². The second-order valence-electron chi connectivity index (χ2n) is 4.01. The number of benzene rings is 1. The third-order valence-corrected chi connectivity index (χ3v) is 3.01. The van der Waals surface area contributed by atoms with Gasteiger partial charge in [-0.1, -0.05) is 12.2 Å². The molecule has 0 fully saturated rings. The van der Waals surface area contributed by atoms with E-state index in [1.807, 2.05) is 12.1 Å². The molecule has 0 bridgehead atoms. The minimum Gasteiger partial charge on any atom is -0.389 e. The summed E-state index contributed by atoms with van der Waals surface area (Å²) in [5.41, 5.74) is 7.69. The van der Waals surface area contributed by atoms with E-state index < -0.39 is 0 Å². The molecular formula is C14H13N3OS. The van der Waals surface area contributed by atoms with E-state index in [9.17, 15) is 4.79 Å². The third-order valence-electron chi connectivity index (χ3n) is 2.77. The predicted molar refractivity (Wildman–Crippen MR) is 79.3 cm³/mol. The molecule has 1 aromatic heterocycles. The zero-order valence-electron chi connectivity index (χ0n) is 10.4. The summed E-state index contributed by atoms with van der Waals surface area (Å²) in [5, 5.41) is 0. The standard InChI is InChI=1S/C14H13N3OS/c1-17(14(18)11-6-8-16-9-7-11)12-4-2-10(3-5-12)13(15)19/h2-9H,1H3,(H2,15,19). The van der Waals surface area contributed by atoms with Crippen LogP contribution < -0.4 is 10.6 Å². The van der Waals surface area contributed by atoms with Gasteiger partial charge in [-0.2, -0.15) is 0 Å². The van der Waals surface area contributed by atoms with Crippen molar-refractivity contribution in [1.29, 1.82) is 0 Å². The molecule has 0 aliphatic heterocycles. The first kappa shape index (κ1) is 13.2. The molecule has 96 valence electrons. The number of hydrogen-bond donors (Lipinski definition) is 1. The topological polar surface area (TPSA) is 59.2 Å². The van der Waals surface area contributed by atoms with Crippen molar-refractivity contribution >= 4 is 28.8 Å². The van der Waals surface area contributed by atoms with Crippen LogP contribution in [-0.2, 0) is 0 Å². The van der Waals surface area contributed by atoms with Gasteiger partial charge in [-0.3, -0.25) is 9.78 Å². The molecule has 0 saturated heterocycles. The maximum atomic E-state index is 12.2. The van der Waals surface area contributed by atoms with Crippen molar-refractivity contribution in [2.75, 3.05) is 11.9 Å². The molecule has 1 aromatic carbocycles. The fraction of sp³-hybridized carbons (Fsp3) is 0.0714. The monoisotopic (exact) mass is 271 g/mol. The lowest BCUT2D eigenvalue weighted by molar-refractivity contribution is 0.0993. The molecule has 0 unspecified atom stereocenters. The molecule has 0 spiro atoms. The quantitative estimate of drug-likeness (QED) is 0.867. The molecule has 1 amide bonds. The van der Waals surface area contributed by atoms with E-state index in [0.717, 1.165) is 11.3 Å². The molecule has 0 aliphatic carbocycles. The Morgan fingerprint density at radius 2 is 1.68 bits per heavy atom. The number of carbonyl (C=O) groups is 1. The van der Waals surface area contributed by atoms with E-state index in [4.69, 9.17) is 18.0 Å². The van der Waals surface area contributed by atoms with E-state index in [1.54, 1.807) is 48.6 Å². The fourth-order valence-corrected chi connectivity index (χ4v) is 1.79. The van der Waals surface area contributed by atoms with Gasteiger partial charge in [0.1, 0.15) is 4.99 Å². The molecular weight excluding hydrogens is 258 g/mol. The van der Waals surface area contributed by atoms with E-state index in [0.29, 0.717) is 10.6 Å². The van der Waals surface area contributed by atoms with Crippen LogP contribution in [0.1, 0.15) is 15.9 Å². The number of pyridine rings is 1. The van der Waals surface area contributed by atoms with Gasteiger partial charge in [0.05, 0.1) is 0 Å². The van der Waals surface area contributed by atoms with E-state index in [2.05, 4.69) is 4.98 Å². The molecule has 2 rings (SSSR count). The highest BCUT2D eigenvalue weighted by molar-refractivity contribution is 7.80. The molecule has 2 N–H and O–H groups in total. The number of rotatable bonds is 3. The largest absolute Gasteiger partial charge is 0.389 e. The van der Waals surface area contributed by atoms with Gasteiger partial charge in [-0.25, -0.2) is 0 Å². The average Bonchev–Trinajstić information content (AvgIpc) is 2.46. The van der Waals surface area contributed by atoms with Crippen LogP contribution in [0.2, 0.25) is 0 Å². The highest BCUT2D eigenvalue weighted by atomic mass is 32.1. The minimum atomic E-state index is -0.0922. The zero-order chi connectivity index (χ0) is 13.8. The highest BCUT2D eigenvalue weighted by Gasteiger charge is 2.13. The molecule has 0 aliphatic rings. The van der Waals surface area contributed by atoms with Crippen LogP contribution in [0.5, 0.6) is 0 Å². The van der Waals surface area contributed by atoms with Gasteiger partial charge in [0.25, 0.3) is 5.91 Å². The lowest BCUT2D eigenvalue weighted by atomic mass is 10.2. The second-order valence-corrected chi connectivity index (χ2v) is 4.45. The van der Waals surface area contributed by atoms with Gasteiger partial charge in [0.2, 0.25) is 0 Å². The van der Waals surface area contributed by atoms with Crippen LogP contribution >= 0.6 is 12.2 Å². The smallest absolute Gasteiger partial charge is 0.258 e. The number of hydrogen-bond acceptors (Lipinski definition) is 3. The van der Waals surface area contributed by atoms with Gasteiger partial charge < -0.3 is 10.6 Å². The van der Waals surface area contributed by atoms with Crippen LogP contribution in [0.25, 0.3) is 0 Å². The number of anilines is 1. The molecule has 2 aromatic rings. The van der Waals surface area contributed by atoms with Gasteiger partial charge in [0.15, 0.2) is 0 Å². The summed E-state index contributed by atoms with van der Waals surface area (Å²) in [6.07, 6.45) is 3.19. The normalized spacial score (nSPS) is 9.95. The second kappa shape index (κ2) is 5.58. The van der Waals surface area contributed by atoms with Gasteiger partial charge in [-0.05, 0) is 36.4 Å². The SMILES string of the molecule is CN(C(=O)c1ccncc1)c1ccc(C(N)=S)cc1. The first-order valence-corrected chi connectivity index (χ1v) is 6.08. The van der Waals surface area contributed by atoms with Crippen LogP contribution in [0, 0.1) is 0 Å². The van der Waals surface area contributed by atoms with Crippen LogP contribution in [-0.4, -0.2) is 22.9 Å². The van der Waals surface area contributed by atoms with Crippen LogP contribution in [0.3, 0.4) is 0 Å². The van der Waals surface area contributed by atoms with Crippen molar-refractivity contribution in [3.05, 3.63) is 59.9 Å². The van der Waals surface area contributed by atoms with Crippen molar-refractivity contribution in [1.82, 2.24) is 4.98 Å². The van der Waals surface area contributed by atoms with Gasteiger partial charge in [0, 0.05) is 36.3 Å². The Balaban J connectivity index is 2.22. The lowest BCUT2D eigenvalue weighted by Crippen LogP contribution is -2.26. The van der Waals surface area contributed by atoms with Crippen molar-refractivity contribution in [2.45, 2.75) is 0 Å². The fourth-order valence-electron chi connectivity index (χ4n) is 1.65. The Bertz CT molecular complexity index is 596. The number of thiocarbonyl (C=S) groups is 1. The van der Waals surface area contributed by atoms with Crippen molar-refractivity contribution in [3.63, 3.8) is 0 Å². The lowest BCUT2D eigenvalue weighted by Gasteiger charge is -2.17. The Labute approximate surface area is 116 Å². The van der Waals surface area contributed by atoms with Crippen LogP contribution in [0.15, 0.2) is 48.8 Å². The third kappa shape index (κ3) is 2.95. The number of aromatic nitrogens is 1. The van der Waals surface area contributed by atoms with Gasteiger partial charge in [-0.15, -0.1) is 0 Å². The molecule has 0 radical (unpaired) electrons. The number of amides is 1. The number of nitrogens with two attached hydrogens (primary N) is 1. The van der Waals surface area contributed by atoms with Crippen LogP contribution in [0.4, 0.5) is 5.69 Å². The number of carbonyl (C=O) groups excluding carboxylic acids is 1. The molecule has 4 nitrogen and oxygen atoms in total. The summed E-state index contributed by atoms with van der Waals surface area (Å²) in [6, 6.07) is 10.6. The summed E-state index contributed by atoms with van der Waals surface area (Å²) in [4.78, 5) is 18.0. The zero-order valence-corrected chi connectivity index (χ0v) is 11.2. The molecule has 1 heterocycles. The minimum absolute atomic E-state index is 0.0922. The van der Waals surface area contributed by atoms with Gasteiger partial charge >= 0.3 is 0 Å². The Morgan fingerprint density at radius 1 is 1.11 bits per heavy atom. The summed E-state index contributed by atoms with van der Waals surface area (Å²) in [5.74, 6) is -0.0922. The molecule has 19 heavy (non-hydrogen) atoms. The van der Waals surface area contributed by atoms with E-state index in [1.165, 1.54) is 0 Å². The molecule has 0 atom stereocenters. The summed E-state index contributed by atoms with van der Waals surface area (Å²) < 4.78 is 0.